The van der Waals surface area contributed by atoms with Crippen molar-refractivity contribution in [1.82, 2.24) is 0 Å². The molecule has 0 amide bonds. The van der Waals surface area contributed by atoms with E-state index >= 15 is 0 Å². The lowest BCUT2D eigenvalue weighted by atomic mass is 10.1. The molecule has 0 saturated carbocycles. The standard InChI is InChI=1S/C9H7NOS/c10-5-8-3-1-2-4-9(8)6-11-7-12/h1-4,7H,6H2. The molecule has 1 aromatic rings. The summed E-state index contributed by atoms with van der Waals surface area (Å²) < 4.78 is 4.90. The third kappa shape index (κ3) is 2.04. The predicted molar refractivity (Wildman–Crippen MR) is 49.6 cm³/mol. The van der Waals surface area contributed by atoms with Crippen LogP contribution in [0.15, 0.2) is 24.3 Å². The molecule has 1 rings (SSSR count). The number of hydrogen-bond donors (Lipinski definition) is 0. The van der Waals surface area contributed by atoms with E-state index in [-0.39, 0.29) is 0 Å². The third-order valence-electron chi connectivity index (χ3n) is 1.44. The summed E-state index contributed by atoms with van der Waals surface area (Å²) in [5.41, 5.74) is 2.70. The van der Waals surface area contributed by atoms with Crippen LogP contribution in [0, 0.1) is 11.3 Å². The zero-order valence-corrected chi connectivity index (χ0v) is 7.17. The highest BCUT2D eigenvalue weighted by Crippen LogP contribution is 2.07. The Hall–Kier alpha value is -1.40. The molecule has 0 fully saturated rings. The minimum absolute atomic E-state index is 0.368. The zero-order valence-electron chi connectivity index (χ0n) is 6.36. The van der Waals surface area contributed by atoms with Crippen molar-refractivity contribution in [3.8, 4) is 6.07 Å². The summed E-state index contributed by atoms with van der Waals surface area (Å²) in [6.07, 6.45) is 0. The maximum Gasteiger partial charge on any atom is 0.146 e. The topological polar surface area (TPSA) is 33.0 Å². The summed E-state index contributed by atoms with van der Waals surface area (Å²) in [4.78, 5) is 0. The van der Waals surface area contributed by atoms with Crippen LogP contribution < -0.4 is 0 Å². The average molecular weight is 177 g/mol. The summed E-state index contributed by atoms with van der Waals surface area (Å²) in [6.45, 7) is 0.368. The molecule has 0 saturated heterocycles. The third-order valence-corrected chi connectivity index (χ3v) is 1.58. The first-order chi connectivity index (χ1) is 5.88. The highest BCUT2D eigenvalue weighted by molar-refractivity contribution is 7.78. The van der Waals surface area contributed by atoms with E-state index < -0.39 is 0 Å². The Balaban J connectivity index is 2.83. The van der Waals surface area contributed by atoms with Crippen molar-refractivity contribution >= 4 is 17.8 Å². The quantitative estimate of drug-likeness (QED) is 0.662. The summed E-state index contributed by atoms with van der Waals surface area (Å²) >= 11 is 4.50. The lowest BCUT2D eigenvalue weighted by molar-refractivity contribution is 0.315. The van der Waals surface area contributed by atoms with Gasteiger partial charge in [-0.15, -0.1) is 0 Å². The minimum Gasteiger partial charge on any atom is -0.485 e. The van der Waals surface area contributed by atoms with Gasteiger partial charge in [0.1, 0.15) is 12.2 Å². The molecule has 0 spiro atoms. The molecule has 0 aliphatic rings. The Kier molecular flexibility index (Phi) is 3.24. The van der Waals surface area contributed by atoms with Crippen LogP contribution in [0.1, 0.15) is 11.1 Å². The lowest BCUT2D eigenvalue weighted by Crippen LogP contribution is -1.92. The first kappa shape index (κ1) is 8.69. The van der Waals surface area contributed by atoms with E-state index in [0.29, 0.717) is 12.2 Å². The van der Waals surface area contributed by atoms with Gasteiger partial charge in [0.15, 0.2) is 0 Å². The fraction of sp³-hybridized carbons (Fsp3) is 0.111. The summed E-state index contributed by atoms with van der Waals surface area (Å²) in [5.74, 6) is 0. The van der Waals surface area contributed by atoms with Crippen molar-refractivity contribution < 1.29 is 4.74 Å². The second-order valence-electron chi connectivity index (χ2n) is 2.18. The highest BCUT2D eigenvalue weighted by Gasteiger charge is 1.98. The van der Waals surface area contributed by atoms with Crippen molar-refractivity contribution in [2.45, 2.75) is 6.61 Å². The smallest absolute Gasteiger partial charge is 0.146 e. The van der Waals surface area contributed by atoms with Gasteiger partial charge in [0.25, 0.3) is 0 Å². The van der Waals surface area contributed by atoms with Crippen molar-refractivity contribution in [1.29, 1.82) is 5.26 Å². The van der Waals surface area contributed by atoms with E-state index in [1.807, 2.05) is 18.2 Å². The molecule has 0 atom stereocenters. The molecular weight excluding hydrogens is 170 g/mol. The molecule has 0 radical (unpaired) electrons. The Morgan fingerprint density at radius 1 is 1.50 bits per heavy atom. The molecule has 1 aromatic carbocycles. The molecule has 0 aliphatic carbocycles. The first-order valence-electron chi connectivity index (χ1n) is 3.41. The second kappa shape index (κ2) is 4.47. The van der Waals surface area contributed by atoms with Crippen LogP contribution in [0.2, 0.25) is 0 Å². The summed E-state index contributed by atoms with van der Waals surface area (Å²) in [7, 11) is 0. The van der Waals surface area contributed by atoms with Gasteiger partial charge >= 0.3 is 0 Å². The minimum atomic E-state index is 0.368. The average Bonchev–Trinajstić information content (AvgIpc) is 2.15. The van der Waals surface area contributed by atoms with Gasteiger partial charge in [-0.05, 0) is 18.3 Å². The molecule has 0 N–H and O–H groups in total. The van der Waals surface area contributed by atoms with Crippen molar-refractivity contribution in [2.75, 3.05) is 0 Å². The van der Waals surface area contributed by atoms with Crippen LogP contribution in [0.5, 0.6) is 0 Å². The number of nitrogens with zero attached hydrogens (tertiary/aromatic N) is 1. The van der Waals surface area contributed by atoms with Gasteiger partial charge < -0.3 is 4.74 Å². The van der Waals surface area contributed by atoms with E-state index in [2.05, 4.69) is 18.3 Å². The van der Waals surface area contributed by atoms with E-state index in [1.54, 1.807) is 6.07 Å². The Labute approximate surface area is 76.4 Å². The molecule has 0 unspecified atom stereocenters. The highest BCUT2D eigenvalue weighted by atomic mass is 32.1. The number of nitriles is 1. The maximum absolute atomic E-state index is 8.68. The number of hydrogen-bond acceptors (Lipinski definition) is 3. The van der Waals surface area contributed by atoms with Crippen LogP contribution in [0.25, 0.3) is 0 Å². The monoisotopic (exact) mass is 177 g/mol. The molecule has 0 aromatic heterocycles. The summed E-state index contributed by atoms with van der Waals surface area (Å²) in [6, 6.07) is 9.36. The van der Waals surface area contributed by atoms with Crippen molar-refractivity contribution in [3.05, 3.63) is 35.4 Å². The SMILES string of the molecule is N#Cc1ccccc1COC=S. The Morgan fingerprint density at radius 2 is 2.25 bits per heavy atom. The van der Waals surface area contributed by atoms with Gasteiger partial charge in [-0.25, -0.2) is 0 Å². The summed E-state index contributed by atoms with van der Waals surface area (Å²) in [5, 5.41) is 8.68. The first-order valence-corrected chi connectivity index (χ1v) is 3.89. The van der Waals surface area contributed by atoms with Gasteiger partial charge in [-0.3, -0.25) is 0 Å². The number of rotatable bonds is 3. The molecular formula is C9H7NOS. The van der Waals surface area contributed by atoms with Gasteiger partial charge in [-0.1, -0.05) is 18.2 Å². The van der Waals surface area contributed by atoms with Gasteiger partial charge in [0.2, 0.25) is 0 Å². The Morgan fingerprint density at radius 3 is 2.92 bits per heavy atom. The Bertz CT molecular complexity index is 317. The number of ether oxygens (including phenoxy) is 1. The van der Waals surface area contributed by atoms with E-state index in [4.69, 9.17) is 10.00 Å². The molecule has 2 nitrogen and oxygen atoms in total. The molecule has 60 valence electrons. The predicted octanol–water partition coefficient (Wildman–Crippen LogP) is 2.03. The van der Waals surface area contributed by atoms with E-state index in [1.165, 1.54) is 5.55 Å². The van der Waals surface area contributed by atoms with Crippen LogP contribution in [0.3, 0.4) is 0 Å². The van der Waals surface area contributed by atoms with Gasteiger partial charge in [-0.2, -0.15) is 5.26 Å². The maximum atomic E-state index is 8.68. The van der Waals surface area contributed by atoms with Crippen LogP contribution in [0.4, 0.5) is 0 Å². The largest absolute Gasteiger partial charge is 0.485 e. The zero-order chi connectivity index (χ0) is 8.81. The fourth-order valence-electron chi connectivity index (χ4n) is 0.879. The normalized spacial score (nSPS) is 8.58. The molecule has 3 heteroatoms. The molecule has 0 heterocycles. The van der Waals surface area contributed by atoms with Crippen LogP contribution in [-0.4, -0.2) is 5.55 Å². The number of benzene rings is 1. The van der Waals surface area contributed by atoms with Gasteiger partial charge in [0.05, 0.1) is 11.6 Å². The van der Waals surface area contributed by atoms with E-state index in [0.717, 1.165) is 5.56 Å². The number of thiocarbonyl (C=S) groups is 1. The lowest BCUT2D eigenvalue weighted by Gasteiger charge is -2.01. The fourth-order valence-corrected chi connectivity index (χ4v) is 0.947. The van der Waals surface area contributed by atoms with Crippen LogP contribution >= 0.6 is 12.2 Å². The van der Waals surface area contributed by atoms with E-state index in [9.17, 15) is 0 Å². The molecule has 12 heavy (non-hydrogen) atoms. The molecule has 0 bridgehead atoms. The molecule has 0 aliphatic heterocycles. The van der Waals surface area contributed by atoms with Crippen molar-refractivity contribution in [3.63, 3.8) is 0 Å². The van der Waals surface area contributed by atoms with Gasteiger partial charge in [0, 0.05) is 5.56 Å². The second-order valence-corrected chi connectivity index (χ2v) is 2.37. The van der Waals surface area contributed by atoms with Crippen LogP contribution in [-0.2, 0) is 11.3 Å². The van der Waals surface area contributed by atoms with Crippen molar-refractivity contribution in [2.24, 2.45) is 0 Å².